The molecule has 1 aromatic carbocycles. The van der Waals surface area contributed by atoms with Crippen LogP contribution in [0, 0.1) is 6.92 Å². The molecule has 94 valence electrons. The molecule has 0 aliphatic carbocycles. The van der Waals surface area contributed by atoms with Gasteiger partial charge in [0.05, 0.1) is 0 Å². The first-order valence-electron chi connectivity index (χ1n) is 5.79. The average molecular weight is 256 g/mol. The summed E-state index contributed by atoms with van der Waals surface area (Å²) in [7, 11) is 0. The number of phenols is 1. The maximum Gasteiger partial charge on any atom is 0.251 e. The quantitative estimate of drug-likeness (QED) is 0.607. The van der Waals surface area contributed by atoms with Crippen molar-refractivity contribution in [1.29, 1.82) is 0 Å². The summed E-state index contributed by atoms with van der Waals surface area (Å²) in [6.45, 7) is 2.47. The van der Waals surface area contributed by atoms with Crippen LogP contribution in [-0.4, -0.2) is 23.4 Å². The van der Waals surface area contributed by atoms with E-state index in [4.69, 9.17) is 11.6 Å². The monoisotopic (exact) mass is 255 g/mol. The average Bonchev–Trinajstić information content (AvgIpc) is 2.28. The fourth-order valence-corrected chi connectivity index (χ4v) is 1.79. The Morgan fingerprint density at radius 3 is 2.76 bits per heavy atom. The third kappa shape index (κ3) is 4.65. The number of benzene rings is 1. The van der Waals surface area contributed by atoms with Crippen LogP contribution in [0.15, 0.2) is 18.2 Å². The zero-order valence-electron chi connectivity index (χ0n) is 10.0. The minimum Gasteiger partial charge on any atom is -0.508 e. The summed E-state index contributed by atoms with van der Waals surface area (Å²) in [6.07, 6.45) is 2.95. The van der Waals surface area contributed by atoms with Crippen LogP contribution in [0.3, 0.4) is 0 Å². The molecule has 3 nitrogen and oxygen atoms in total. The highest BCUT2D eigenvalue weighted by atomic mass is 35.5. The van der Waals surface area contributed by atoms with Gasteiger partial charge in [-0.3, -0.25) is 4.79 Å². The minimum absolute atomic E-state index is 0.0895. The van der Waals surface area contributed by atoms with E-state index in [0.29, 0.717) is 18.0 Å². The van der Waals surface area contributed by atoms with E-state index in [1.54, 1.807) is 12.1 Å². The van der Waals surface area contributed by atoms with Crippen LogP contribution in [0.1, 0.15) is 35.2 Å². The number of hydrogen-bond donors (Lipinski definition) is 2. The van der Waals surface area contributed by atoms with Crippen LogP contribution in [0.25, 0.3) is 0 Å². The Balaban J connectivity index is 2.42. The second-order valence-corrected chi connectivity index (χ2v) is 4.38. The molecule has 0 aromatic heterocycles. The lowest BCUT2D eigenvalue weighted by Crippen LogP contribution is -2.25. The summed E-state index contributed by atoms with van der Waals surface area (Å²) in [5.41, 5.74) is 1.39. The largest absolute Gasteiger partial charge is 0.508 e. The molecule has 0 unspecified atom stereocenters. The number of phenolic OH excluding ortho intramolecular Hbond substituents is 1. The fraction of sp³-hybridized carbons (Fsp3) is 0.462. The van der Waals surface area contributed by atoms with E-state index in [9.17, 15) is 9.90 Å². The molecule has 1 rings (SSSR count). The normalized spacial score (nSPS) is 10.2. The topological polar surface area (TPSA) is 49.3 Å². The Morgan fingerprint density at radius 1 is 1.35 bits per heavy atom. The van der Waals surface area contributed by atoms with Crippen LogP contribution in [0.5, 0.6) is 5.75 Å². The molecule has 1 amide bonds. The molecule has 2 N–H and O–H groups in total. The molecule has 0 saturated heterocycles. The number of aromatic hydroxyl groups is 1. The van der Waals surface area contributed by atoms with E-state index in [0.717, 1.165) is 24.8 Å². The smallest absolute Gasteiger partial charge is 0.251 e. The molecule has 0 radical (unpaired) electrons. The molecule has 0 aliphatic heterocycles. The number of carbonyl (C=O) groups excluding carboxylic acids is 1. The van der Waals surface area contributed by atoms with Gasteiger partial charge < -0.3 is 10.4 Å². The summed E-state index contributed by atoms with van der Waals surface area (Å²) in [4.78, 5) is 11.8. The third-order valence-corrected chi connectivity index (χ3v) is 2.82. The fourth-order valence-electron chi connectivity index (χ4n) is 1.60. The number of rotatable bonds is 6. The number of carbonyl (C=O) groups is 1. The molecule has 0 heterocycles. The van der Waals surface area contributed by atoms with Crippen molar-refractivity contribution in [2.45, 2.75) is 26.2 Å². The number of unbranched alkanes of at least 4 members (excludes halogenated alkanes) is 2. The predicted octanol–water partition coefficient (Wildman–Crippen LogP) is 2.84. The maximum atomic E-state index is 11.8. The molecule has 0 bridgehead atoms. The standard InChI is InChI=1S/C13H18ClNO2/c1-10-9-11(16)5-6-12(10)13(17)15-8-4-2-3-7-14/h5-6,9,16H,2-4,7-8H2,1H3,(H,15,17). The molecular formula is C13H18ClNO2. The van der Waals surface area contributed by atoms with Crippen LogP contribution >= 0.6 is 11.6 Å². The molecule has 4 heteroatoms. The van der Waals surface area contributed by atoms with Gasteiger partial charge in [0, 0.05) is 18.0 Å². The molecule has 0 spiro atoms. The highest BCUT2D eigenvalue weighted by Gasteiger charge is 2.08. The number of aryl methyl sites for hydroxylation is 1. The van der Waals surface area contributed by atoms with Crippen LogP contribution in [0.2, 0.25) is 0 Å². The Hall–Kier alpha value is -1.22. The summed E-state index contributed by atoms with van der Waals surface area (Å²) < 4.78 is 0. The van der Waals surface area contributed by atoms with Gasteiger partial charge in [0.2, 0.25) is 0 Å². The van der Waals surface area contributed by atoms with Crippen LogP contribution in [0.4, 0.5) is 0 Å². The van der Waals surface area contributed by atoms with Crippen LogP contribution < -0.4 is 5.32 Å². The van der Waals surface area contributed by atoms with Crippen molar-refractivity contribution in [2.75, 3.05) is 12.4 Å². The highest BCUT2D eigenvalue weighted by Crippen LogP contribution is 2.15. The van der Waals surface area contributed by atoms with Crippen molar-refractivity contribution in [2.24, 2.45) is 0 Å². The lowest BCUT2D eigenvalue weighted by atomic mass is 10.1. The summed E-state index contributed by atoms with van der Waals surface area (Å²) in [5, 5.41) is 12.1. The first-order valence-corrected chi connectivity index (χ1v) is 6.32. The maximum absolute atomic E-state index is 11.8. The highest BCUT2D eigenvalue weighted by molar-refractivity contribution is 6.17. The first kappa shape index (κ1) is 13.8. The van der Waals surface area contributed by atoms with Gasteiger partial charge in [-0.25, -0.2) is 0 Å². The molecule has 0 aliphatic rings. The van der Waals surface area contributed by atoms with Gasteiger partial charge in [0.15, 0.2) is 0 Å². The molecule has 17 heavy (non-hydrogen) atoms. The zero-order valence-corrected chi connectivity index (χ0v) is 10.8. The molecular weight excluding hydrogens is 238 g/mol. The number of nitrogens with one attached hydrogen (secondary N) is 1. The number of hydrogen-bond acceptors (Lipinski definition) is 2. The van der Waals surface area contributed by atoms with E-state index in [1.165, 1.54) is 6.07 Å². The lowest BCUT2D eigenvalue weighted by Gasteiger charge is -2.07. The van der Waals surface area contributed by atoms with Crippen molar-refractivity contribution in [1.82, 2.24) is 5.32 Å². The first-order chi connectivity index (χ1) is 8.15. The SMILES string of the molecule is Cc1cc(O)ccc1C(=O)NCCCCCCl. The van der Waals surface area contributed by atoms with Gasteiger partial charge in [-0.2, -0.15) is 0 Å². The van der Waals surface area contributed by atoms with Gasteiger partial charge in [-0.05, 0) is 43.5 Å². The van der Waals surface area contributed by atoms with Gasteiger partial charge >= 0.3 is 0 Å². The summed E-state index contributed by atoms with van der Waals surface area (Å²) >= 11 is 5.56. The van der Waals surface area contributed by atoms with E-state index < -0.39 is 0 Å². The third-order valence-electron chi connectivity index (χ3n) is 2.55. The lowest BCUT2D eigenvalue weighted by molar-refractivity contribution is 0.0952. The van der Waals surface area contributed by atoms with Crippen molar-refractivity contribution < 1.29 is 9.90 Å². The molecule has 0 atom stereocenters. The molecule has 0 fully saturated rings. The van der Waals surface area contributed by atoms with Crippen LogP contribution in [-0.2, 0) is 0 Å². The van der Waals surface area contributed by atoms with Gasteiger partial charge in [-0.1, -0.05) is 6.42 Å². The van der Waals surface area contributed by atoms with E-state index in [1.807, 2.05) is 6.92 Å². The second kappa shape index (κ2) is 7.17. The number of halogens is 1. The zero-order chi connectivity index (χ0) is 12.7. The molecule has 1 aromatic rings. The Bertz CT molecular complexity index is 380. The Morgan fingerprint density at radius 2 is 2.12 bits per heavy atom. The van der Waals surface area contributed by atoms with E-state index in [-0.39, 0.29) is 11.7 Å². The molecule has 0 saturated carbocycles. The Labute approximate surface area is 107 Å². The second-order valence-electron chi connectivity index (χ2n) is 4.00. The van der Waals surface area contributed by atoms with E-state index in [2.05, 4.69) is 5.32 Å². The van der Waals surface area contributed by atoms with Crippen molar-refractivity contribution in [3.63, 3.8) is 0 Å². The summed E-state index contributed by atoms with van der Waals surface area (Å²) in [6, 6.07) is 4.75. The van der Waals surface area contributed by atoms with Crippen molar-refractivity contribution in [3.8, 4) is 5.75 Å². The number of amides is 1. The van der Waals surface area contributed by atoms with Gasteiger partial charge in [0.1, 0.15) is 5.75 Å². The van der Waals surface area contributed by atoms with Crippen molar-refractivity contribution in [3.05, 3.63) is 29.3 Å². The van der Waals surface area contributed by atoms with Gasteiger partial charge in [0.25, 0.3) is 5.91 Å². The number of alkyl halides is 1. The van der Waals surface area contributed by atoms with Crippen molar-refractivity contribution >= 4 is 17.5 Å². The van der Waals surface area contributed by atoms with Gasteiger partial charge in [-0.15, -0.1) is 11.6 Å². The minimum atomic E-state index is -0.0895. The predicted molar refractivity (Wildman–Crippen MR) is 69.7 cm³/mol. The Kier molecular flexibility index (Phi) is 5.84. The van der Waals surface area contributed by atoms with E-state index >= 15 is 0 Å². The summed E-state index contributed by atoms with van der Waals surface area (Å²) in [5.74, 6) is 0.764.